The normalized spacial score (nSPS) is 13.0. The number of hydrogen-bond donors (Lipinski definition) is 2. The van der Waals surface area contributed by atoms with Gasteiger partial charge in [0.1, 0.15) is 0 Å². The summed E-state index contributed by atoms with van der Waals surface area (Å²) in [6.45, 7) is 7.01. The highest BCUT2D eigenvalue weighted by molar-refractivity contribution is 6.10. The van der Waals surface area contributed by atoms with Gasteiger partial charge in [0.25, 0.3) is 0 Å². The van der Waals surface area contributed by atoms with Crippen LogP contribution in [-0.2, 0) is 24.1 Å². The third-order valence-electron chi connectivity index (χ3n) is 6.24. The second kappa shape index (κ2) is 9.25. The summed E-state index contributed by atoms with van der Waals surface area (Å²) in [5, 5.41) is 21.0. The zero-order valence-electron chi connectivity index (χ0n) is 19.4. The average molecular weight is 451 g/mol. The molecular weight excluding hydrogens is 420 g/mol. The lowest BCUT2D eigenvalue weighted by atomic mass is 9.92. The largest absolute Gasteiger partial charge is 0.494 e. The standard InChI is InChI=1S/C26H30N2O5/c1-4-33-26(32)21-18(8-5-7-15(2)3)27-23-19-9-6-14-28(19)24(29)22(23)20(21)16-10-12-17(13-11-16)25(30)31/h10-13,15,29H,4-9,14H2,1-3H3,(H,30,31). The van der Waals surface area contributed by atoms with Crippen LogP contribution in [-0.4, -0.2) is 38.3 Å². The van der Waals surface area contributed by atoms with Gasteiger partial charge in [0.2, 0.25) is 5.88 Å². The summed E-state index contributed by atoms with van der Waals surface area (Å²) in [4.78, 5) is 29.5. The molecule has 2 N–H and O–H groups in total. The molecule has 33 heavy (non-hydrogen) atoms. The van der Waals surface area contributed by atoms with Gasteiger partial charge in [-0.2, -0.15) is 0 Å². The highest BCUT2D eigenvalue weighted by Gasteiger charge is 2.30. The number of hydrogen-bond acceptors (Lipinski definition) is 5. The molecule has 174 valence electrons. The van der Waals surface area contributed by atoms with Gasteiger partial charge >= 0.3 is 11.9 Å². The second-order valence-corrected chi connectivity index (χ2v) is 8.95. The SMILES string of the molecule is CCOC(=O)c1c(CCCC(C)C)nc2c3n(c(O)c2c1-c1ccc(C(=O)O)cc1)CCC3. The lowest BCUT2D eigenvalue weighted by molar-refractivity contribution is 0.0525. The van der Waals surface area contributed by atoms with Gasteiger partial charge in [-0.05, 0) is 56.2 Å². The van der Waals surface area contributed by atoms with E-state index in [0.717, 1.165) is 36.9 Å². The molecule has 4 rings (SSSR count). The van der Waals surface area contributed by atoms with Crippen molar-refractivity contribution in [2.45, 2.75) is 59.4 Å². The highest BCUT2D eigenvalue weighted by atomic mass is 16.5. The van der Waals surface area contributed by atoms with Crippen molar-refractivity contribution in [1.29, 1.82) is 0 Å². The number of aryl methyl sites for hydroxylation is 2. The van der Waals surface area contributed by atoms with E-state index < -0.39 is 11.9 Å². The van der Waals surface area contributed by atoms with Gasteiger partial charge < -0.3 is 19.5 Å². The Hall–Kier alpha value is -3.35. The zero-order chi connectivity index (χ0) is 23.7. The fourth-order valence-corrected chi connectivity index (χ4v) is 4.70. The molecule has 0 aliphatic carbocycles. The van der Waals surface area contributed by atoms with Crippen LogP contribution in [0, 0.1) is 5.92 Å². The molecule has 0 fully saturated rings. The number of nitrogens with zero attached hydrogens (tertiary/aromatic N) is 2. The Labute approximate surface area is 193 Å². The Morgan fingerprint density at radius 2 is 1.94 bits per heavy atom. The first-order chi connectivity index (χ1) is 15.8. The molecule has 3 heterocycles. The maximum atomic E-state index is 13.2. The predicted octanol–water partition coefficient (Wildman–Crippen LogP) is 5.21. The number of carbonyl (C=O) groups is 2. The van der Waals surface area contributed by atoms with Crippen molar-refractivity contribution < 1.29 is 24.5 Å². The summed E-state index contributed by atoms with van der Waals surface area (Å²) < 4.78 is 7.30. The summed E-state index contributed by atoms with van der Waals surface area (Å²) in [5.74, 6) is -0.867. The van der Waals surface area contributed by atoms with Crippen LogP contribution in [0.3, 0.4) is 0 Å². The van der Waals surface area contributed by atoms with Crippen LogP contribution < -0.4 is 0 Å². The number of ether oxygens (including phenoxy) is 1. The van der Waals surface area contributed by atoms with Gasteiger partial charge in [-0.3, -0.25) is 0 Å². The molecule has 0 spiro atoms. The lowest BCUT2D eigenvalue weighted by Crippen LogP contribution is -2.13. The van der Waals surface area contributed by atoms with Crippen molar-refractivity contribution in [2.75, 3.05) is 6.61 Å². The number of benzene rings is 1. The second-order valence-electron chi connectivity index (χ2n) is 8.95. The van der Waals surface area contributed by atoms with E-state index in [1.165, 1.54) is 12.1 Å². The van der Waals surface area contributed by atoms with E-state index in [-0.39, 0.29) is 18.1 Å². The van der Waals surface area contributed by atoms with Crippen LogP contribution in [0.2, 0.25) is 0 Å². The number of carboxylic acid groups (broad SMARTS) is 1. The van der Waals surface area contributed by atoms with Gasteiger partial charge in [0.05, 0.1) is 34.3 Å². The molecule has 0 saturated heterocycles. The van der Waals surface area contributed by atoms with Crippen molar-refractivity contribution >= 4 is 22.8 Å². The fraction of sp³-hybridized carbons (Fsp3) is 0.423. The number of carbonyl (C=O) groups excluding carboxylic acids is 1. The Morgan fingerprint density at radius 3 is 2.58 bits per heavy atom. The van der Waals surface area contributed by atoms with E-state index in [2.05, 4.69) is 13.8 Å². The summed E-state index contributed by atoms with van der Waals surface area (Å²) in [6.07, 6.45) is 4.25. The van der Waals surface area contributed by atoms with Crippen LogP contribution in [0.4, 0.5) is 0 Å². The topological polar surface area (TPSA) is 102 Å². The summed E-state index contributed by atoms with van der Waals surface area (Å²) in [7, 11) is 0. The Kier molecular flexibility index (Phi) is 6.40. The quantitative estimate of drug-likeness (QED) is 0.457. The van der Waals surface area contributed by atoms with Crippen molar-refractivity contribution in [3.8, 4) is 17.0 Å². The molecule has 1 aromatic carbocycles. The molecule has 0 bridgehead atoms. The fourth-order valence-electron chi connectivity index (χ4n) is 4.70. The average Bonchev–Trinajstić information content (AvgIpc) is 3.36. The number of pyridine rings is 1. The maximum Gasteiger partial charge on any atom is 0.340 e. The number of carboxylic acids is 1. The van der Waals surface area contributed by atoms with Gasteiger partial charge in [0.15, 0.2) is 0 Å². The van der Waals surface area contributed by atoms with Crippen LogP contribution >= 0.6 is 0 Å². The van der Waals surface area contributed by atoms with E-state index in [4.69, 9.17) is 9.72 Å². The van der Waals surface area contributed by atoms with Crippen molar-refractivity contribution in [1.82, 2.24) is 9.55 Å². The van der Waals surface area contributed by atoms with Crippen LogP contribution in [0.25, 0.3) is 22.0 Å². The third kappa shape index (κ3) is 4.19. The number of rotatable bonds is 8. The van der Waals surface area contributed by atoms with Gasteiger partial charge in [0, 0.05) is 17.8 Å². The predicted molar refractivity (Wildman–Crippen MR) is 126 cm³/mol. The number of fused-ring (bicyclic) bond motifs is 3. The van der Waals surface area contributed by atoms with Gasteiger partial charge in [-0.1, -0.05) is 32.4 Å². The minimum absolute atomic E-state index is 0.0987. The molecule has 1 aliphatic rings. The van der Waals surface area contributed by atoms with E-state index >= 15 is 0 Å². The number of aromatic carboxylic acids is 1. The van der Waals surface area contributed by atoms with E-state index in [1.54, 1.807) is 19.1 Å². The minimum Gasteiger partial charge on any atom is -0.494 e. The lowest BCUT2D eigenvalue weighted by Gasteiger charge is -2.16. The molecule has 7 nitrogen and oxygen atoms in total. The van der Waals surface area contributed by atoms with E-state index in [1.807, 2.05) is 4.57 Å². The summed E-state index contributed by atoms with van der Waals surface area (Å²) in [6, 6.07) is 6.39. The molecule has 0 amide bonds. The Balaban J connectivity index is 2.01. The Bertz CT molecular complexity index is 1210. The first-order valence-electron chi connectivity index (χ1n) is 11.6. The Morgan fingerprint density at radius 1 is 1.21 bits per heavy atom. The van der Waals surface area contributed by atoms with Gasteiger partial charge in [-0.25, -0.2) is 14.6 Å². The maximum absolute atomic E-state index is 13.2. The van der Waals surface area contributed by atoms with Crippen LogP contribution in [0.1, 0.15) is 72.1 Å². The van der Waals surface area contributed by atoms with E-state index in [9.17, 15) is 19.8 Å². The molecule has 2 aromatic heterocycles. The molecule has 0 unspecified atom stereocenters. The number of aromatic hydroxyl groups is 1. The zero-order valence-corrected chi connectivity index (χ0v) is 19.4. The molecular formula is C26H30N2O5. The number of aromatic nitrogens is 2. The molecule has 0 saturated carbocycles. The summed E-state index contributed by atoms with van der Waals surface area (Å²) >= 11 is 0. The molecule has 0 atom stereocenters. The molecule has 0 radical (unpaired) electrons. The van der Waals surface area contributed by atoms with Gasteiger partial charge in [-0.15, -0.1) is 0 Å². The van der Waals surface area contributed by atoms with Crippen LogP contribution in [0.5, 0.6) is 5.88 Å². The minimum atomic E-state index is -1.02. The summed E-state index contributed by atoms with van der Waals surface area (Å²) in [5.41, 5.74) is 4.09. The van der Waals surface area contributed by atoms with Crippen LogP contribution in [0.15, 0.2) is 24.3 Å². The van der Waals surface area contributed by atoms with Crippen molar-refractivity contribution in [3.63, 3.8) is 0 Å². The van der Waals surface area contributed by atoms with E-state index in [0.29, 0.717) is 46.7 Å². The molecule has 3 aromatic rings. The monoisotopic (exact) mass is 450 g/mol. The van der Waals surface area contributed by atoms with Crippen molar-refractivity contribution in [3.05, 3.63) is 46.8 Å². The highest BCUT2D eigenvalue weighted by Crippen LogP contribution is 2.43. The molecule has 7 heteroatoms. The first kappa shape index (κ1) is 22.8. The molecule has 1 aliphatic heterocycles. The third-order valence-corrected chi connectivity index (χ3v) is 6.24. The smallest absolute Gasteiger partial charge is 0.340 e. The first-order valence-corrected chi connectivity index (χ1v) is 11.6. The number of esters is 1. The van der Waals surface area contributed by atoms with Crippen molar-refractivity contribution in [2.24, 2.45) is 5.92 Å².